The maximum atomic E-state index is 13.0. The molecule has 0 N–H and O–H groups in total. The molecule has 8 heteroatoms. The highest BCUT2D eigenvalue weighted by Gasteiger charge is 2.31. The predicted molar refractivity (Wildman–Crippen MR) is 158 cm³/mol. The number of thioether (sulfide) groups is 1. The van der Waals surface area contributed by atoms with Crippen molar-refractivity contribution in [3.8, 4) is 22.7 Å². The zero-order chi connectivity index (χ0) is 27.5. The first-order chi connectivity index (χ1) is 18.8. The van der Waals surface area contributed by atoms with Crippen LogP contribution in [0.1, 0.15) is 45.2 Å². The van der Waals surface area contributed by atoms with E-state index in [4.69, 9.17) is 14.6 Å². The van der Waals surface area contributed by atoms with Gasteiger partial charge in [0.2, 0.25) is 0 Å². The summed E-state index contributed by atoms with van der Waals surface area (Å²) in [6.07, 6.45) is 5.09. The quantitative estimate of drug-likeness (QED) is 0.323. The second-order valence-electron chi connectivity index (χ2n) is 10.7. The van der Waals surface area contributed by atoms with E-state index in [-0.39, 0.29) is 18.1 Å². The highest BCUT2D eigenvalue weighted by atomic mass is 32.2. The van der Waals surface area contributed by atoms with Gasteiger partial charge in [-0.05, 0) is 86.8 Å². The van der Waals surface area contributed by atoms with Crippen LogP contribution in [-0.4, -0.2) is 57.7 Å². The molecule has 3 heterocycles. The van der Waals surface area contributed by atoms with Gasteiger partial charge in [0.1, 0.15) is 11.4 Å². The van der Waals surface area contributed by atoms with Gasteiger partial charge in [0, 0.05) is 30.4 Å². The first-order valence-corrected chi connectivity index (χ1v) is 14.4. The van der Waals surface area contributed by atoms with Crippen LogP contribution in [0.25, 0.3) is 23.0 Å². The number of carbonyl (C=O) groups excluding carboxylic acids is 1. The number of benzene rings is 2. The number of ether oxygens (including phenoxy) is 2. The summed E-state index contributed by atoms with van der Waals surface area (Å²) < 4.78 is 13.8. The minimum absolute atomic E-state index is 0.0939. The van der Waals surface area contributed by atoms with Crippen molar-refractivity contribution in [3.05, 3.63) is 70.8 Å². The van der Waals surface area contributed by atoms with Gasteiger partial charge in [-0.15, -0.1) is 0 Å². The highest BCUT2D eigenvalue weighted by molar-refractivity contribution is 8.18. The number of aryl methyl sites for hydroxylation is 1. The number of para-hydroxylation sites is 1. The average Bonchev–Trinajstić information content (AvgIpc) is 3.49. The Labute approximate surface area is 234 Å². The molecule has 1 fully saturated rings. The van der Waals surface area contributed by atoms with Crippen LogP contribution in [0.3, 0.4) is 0 Å². The second-order valence-corrected chi connectivity index (χ2v) is 11.7. The van der Waals surface area contributed by atoms with Gasteiger partial charge in [-0.25, -0.2) is 4.68 Å². The van der Waals surface area contributed by atoms with E-state index in [0.717, 1.165) is 58.5 Å². The Morgan fingerprint density at radius 3 is 2.56 bits per heavy atom. The molecular weight excluding hydrogens is 508 g/mol. The van der Waals surface area contributed by atoms with E-state index < -0.39 is 0 Å². The molecule has 0 aliphatic carbocycles. The number of aromatic nitrogens is 2. The van der Waals surface area contributed by atoms with Crippen molar-refractivity contribution in [1.29, 1.82) is 0 Å². The average molecular weight is 545 g/mol. The summed E-state index contributed by atoms with van der Waals surface area (Å²) in [5, 5.41) is 5.69. The molecule has 2 aliphatic heterocycles. The Morgan fingerprint density at radius 1 is 1.13 bits per heavy atom. The first-order valence-electron chi connectivity index (χ1n) is 13.6. The molecule has 0 saturated carbocycles. The standard InChI is InChI=1S/C31H36N4O3S/c1-20(2)13-14-37-27-12-11-24(15-21(27)3)29-25(19-35(33-29)26-9-7-6-8-10-26)16-28-30(36)32-31(39-28)34-17-22(4)38-23(5)18-34/h6-12,15-16,19-20,22-23H,13-14,17-18H2,1-5H3. The SMILES string of the molecule is Cc1cc(-c2nn(-c3ccccc3)cc2C=C2SC(N3CC(C)OC(C)C3)=NC2=O)ccc1OCCC(C)C. The third kappa shape index (κ3) is 6.45. The van der Waals surface area contributed by atoms with Crippen LogP contribution in [0, 0.1) is 12.8 Å². The maximum Gasteiger partial charge on any atom is 0.286 e. The number of hydrogen-bond acceptors (Lipinski definition) is 6. The molecule has 0 bridgehead atoms. The number of amidine groups is 1. The van der Waals surface area contributed by atoms with Crippen molar-refractivity contribution in [3.63, 3.8) is 0 Å². The summed E-state index contributed by atoms with van der Waals surface area (Å²) >= 11 is 1.42. The summed E-state index contributed by atoms with van der Waals surface area (Å²) in [5.74, 6) is 1.26. The third-order valence-electron chi connectivity index (χ3n) is 6.75. The van der Waals surface area contributed by atoms with Gasteiger partial charge in [-0.2, -0.15) is 10.1 Å². The summed E-state index contributed by atoms with van der Waals surface area (Å²) in [4.78, 5) is 20.1. The zero-order valence-electron chi connectivity index (χ0n) is 23.3. The normalized spacial score (nSPS) is 20.7. The topological polar surface area (TPSA) is 69.0 Å². The van der Waals surface area contributed by atoms with Crippen molar-refractivity contribution in [2.45, 2.75) is 53.2 Å². The lowest BCUT2D eigenvalue weighted by atomic mass is 10.0. The van der Waals surface area contributed by atoms with Crippen molar-refractivity contribution < 1.29 is 14.3 Å². The van der Waals surface area contributed by atoms with Crippen LogP contribution >= 0.6 is 11.8 Å². The molecule has 2 unspecified atom stereocenters. The van der Waals surface area contributed by atoms with E-state index in [2.05, 4.69) is 36.7 Å². The third-order valence-corrected chi connectivity index (χ3v) is 7.79. The Bertz CT molecular complexity index is 1390. The van der Waals surface area contributed by atoms with Crippen LogP contribution in [0.2, 0.25) is 0 Å². The number of carbonyl (C=O) groups is 1. The van der Waals surface area contributed by atoms with Crippen LogP contribution in [-0.2, 0) is 9.53 Å². The number of hydrogen-bond donors (Lipinski definition) is 0. The molecule has 0 radical (unpaired) electrons. The lowest BCUT2D eigenvalue weighted by molar-refractivity contribution is -0.113. The fourth-order valence-electron chi connectivity index (χ4n) is 4.80. The van der Waals surface area contributed by atoms with Crippen molar-refractivity contribution >= 4 is 28.9 Å². The molecule has 3 aromatic rings. The number of morpholine rings is 1. The smallest absolute Gasteiger partial charge is 0.286 e. The van der Waals surface area contributed by atoms with Gasteiger partial charge in [0.15, 0.2) is 5.17 Å². The van der Waals surface area contributed by atoms with E-state index >= 15 is 0 Å². The van der Waals surface area contributed by atoms with Crippen LogP contribution in [0.15, 0.2) is 64.6 Å². The number of nitrogens with zero attached hydrogens (tertiary/aromatic N) is 4. The van der Waals surface area contributed by atoms with Gasteiger partial charge >= 0.3 is 0 Å². The van der Waals surface area contributed by atoms with Gasteiger partial charge in [0.05, 0.1) is 29.4 Å². The fraction of sp³-hybridized carbons (Fsp3) is 0.387. The molecule has 2 aromatic carbocycles. The Balaban J connectivity index is 1.45. The van der Waals surface area contributed by atoms with E-state index in [0.29, 0.717) is 17.4 Å². The monoisotopic (exact) mass is 544 g/mol. The molecular formula is C31H36N4O3S. The molecule has 39 heavy (non-hydrogen) atoms. The zero-order valence-corrected chi connectivity index (χ0v) is 24.1. The predicted octanol–water partition coefficient (Wildman–Crippen LogP) is 6.35. The maximum absolute atomic E-state index is 13.0. The van der Waals surface area contributed by atoms with Gasteiger partial charge in [-0.1, -0.05) is 32.0 Å². The van der Waals surface area contributed by atoms with Gasteiger partial charge in [0.25, 0.3) is 5.91 Å². The van der Waals surface area contributed by atoms with E-state index in [1.807, 2.05) is 73.3 Å². The molecule has 5 rings (SSSR count). The summed E-state index contributed by atoms with van der Waals surface area (Å²) in [6.45, 7) is 12.7. The Hall–Kier alpha value is -3.36. The highest BCUT2D eigenvalue weighted by Crippen LogP contribution is 2.35. The number of amides is 1. The number of rotatable bonds is 7. The van der Waals surface area contributed by atoms with Crippen LogP contribution in [0.4, 0.5) is 0 Å². The number of aliphatic imine (C=N–C) groups is 1. The van der Waals surface area contributed by atoms with Crippen LogP contribution < -0.4 is 4.74 Å². The molecule has 204 valence electrons. The van der Waals surface area contributed by atoms with E-state index in [1.54, 1.807) is 0 Å². The minimum atomic E-state index is -0.217. The second kappa shape index (κ2) is 11.8. The Kier molecular flexibility index (Phi) is 8.23. The Morgan fingerprint density at radius 2 is 1.87 bits per heavy atom. The van der Waals surface area contributed by atoms with E-state index in [9.17, 15) is 4.79 Å². The van der Waals surface area contributed by atoms with Crippen molar-refractivity contribution in [1.82, 2.24) is 14.7 Å². The molecule has 0 spiro atoms. The lowest BCUT2D eigenvalue weighted by Crippen LogP contribution is -2.47. The fourth-order valence-corrected chi connectivity index (χ4v) is 5.72. The molecule has 1 saturated heterocycles. The summed E-state index contributed by atoms with van der Waals surface area (Å²) in [6, 6.07) is 16.2. The molecule has 2 atom stereocenters. The first kappa shape index (κ1) is 27.2. The van der Waals surface area contributed by atoms with Crippen molar-refractivity contribution in [2.75, 3.05) is 19.7 Å². The van der Waals surface area contributed by atoms with E-state index in [1.165, 1.54) is 11.8 Å². The van der Waals surface area contributed by atoms with Gasteiger partial charge in [-0.3, -0.25) is 4.79 Å². The largest absolute Gasteiger partial charge is 0.493 e. The molecule has 1 aromatic heterocycles. The molecule has 7 nitrogen and oxygen atoms in total. The lowest BCUT2D eigenvalue weighted by Gasteiger charge is -2.35. The summed E-state index contributed by atoms with van der Waals surface area (Å²) in [7, 11) is 0. The molecule has 2 aliphatic rings. The molecule has 1 amide bonds. The van der Waals surface area contributed by atoms with Crippen LogP contribution in [0.5, 0.6) is 5.75 Å². The van der Waals surface area contributed by atoms with Gasteiger partial charge < -0.3 is 14.4 Å². The summed E-state index contributed by atoms with van der Waals surface area (Å²) in [5.41, 5.74) is 4.64. The minimum Gasteiger partial charge on any atom is -0.493 e. The van der Waals surface area contributed by atoms with Crippen molar-refractivity contribution in [2.24, 2.45) is 10.9 Å².